The van der Waals surface area contributed by atoms with Gasteiger partial charge in [0, 0.05) is 24.1 Å². The number of aliphatic hydroxyl groups is 1. The third-order valence-corrected chi connectivity index (χ3v) is 12.6. The lowest BCUT2D eigenvalue weighted by molar-refractivity contribution is -0.144. The van der Waals surface area contributed by atoms with E-state index in [0.717, 1.165) is 45.7 Å². The highest BCUT2D eigenvalue weighted by Crippen LogP contribution is 2.34. The summed E-state index contributed by atoms with van der Waals surface area (Å²) in [6, 6.07) is 19.6. The molecular weight excluding hydrogens is 782 g/mol. The molecule has 2 fully saturated rings. The second-order valence-electron chi connectivity index (χ2n) is 17.0. The zero-order valence-corrected chi connectivity index (χ0v) is 35.4. The Morgan fingerprint density at radius 2 is 1.65 bits per heavy atom. The highest BCUT2D eigenvalue weighted by molar-refractivity contribution is 7.13. The van der Waals surface area contributed by atoms with Crippen molar-refractivity contribution in [2.24, 2.45) is 5.41 Å². The van der Waals surface area contributed by atoms with E-state index in [1.165, 1.54) is 28.7 Å². The third kappa shape index (κ3) is 9.72. The van der Waals surface area contributed by atoms with E-state index in [0.29, 0.717) is 24.7 Å². The number of piperidine rings is 1. The van der Waals surface area contributed by atoms with Gasteiger partial charge in [-0.15, -0.1) is 11.3 Å². The van der Waals surface area contributed by atoms with Crippen LogP contribution in [0.4, 0.5) is 4.39 Å². The number of nitrogens with zero attached hydrogens (tertiary/aromatic N) is 5. The molecule has 4 heterocycles. The predicted molar refractivity (Wildman–Crippen MR) is 229 cm³/mol. The number of carbonyl (C=O) groups is 3. The summed E-state index contributed by atoms with van der Waals surface area (Å²) in [6.07, 6.45) is 2.59. The van der Waals surface area contributed by atoms with Gasteiger partial charge in [-0.1, -0.05) is 69.3 Å². The number of aromatic nitrogens is 3. The number of benzene rings is 3. The first-order valence-electron chi connectivity index (χ1n) is 20.4. The van der Waals surface area contributed by atoms with Crippen molar-refractivity contribution in [2.75, 3.05) is 26.2 Å². The van der Waals surface area contributed by atoms with Crippen molar-refractivity contribution in [3.8, 4) is 38.6 Å². The van der Waals surface area contributed by atoms with E-state index in [1.54, 1.807) is 23.6 Å². The number of phenols is 1. The van der Waals surface area contributed by atoms with E-state index >= 15 is 0 Å². The molecule has 4 N–H and O–H groups in total. The summed E-state index contributed by atoms with van der Waals surface area (Å²) in [7, 11) is 0. The van der Waals surface area contributed by atoms with Crippen molar-refractivity contribution in [3.63, 3.8) is 0 Å². The number of aryl methyl sites for hydroxylation is 1. The number of amides is 3. The molecule has 4 atom stereocenters. The number of hydrogen-bond donors (Lipinski definition) is 4. The Kier molecular flexibility index (Phi) is 12.7. The second kappa shape index (κ2) is 18.0. The Labute approximate surface area is 353 Å². The van der Waals surface area contributed by atoms with Crippen molar-refractivity contribution in [1.29, 1.82) is 0 Å². The summed E-state index contributed by atoms with van der Waals surface area (Å²) in [5.41, 5.74) is 7.62. The molecule has 0 aliphatic carbocycles. The summed E-state index contributed by atoms with van der Waals surface area (Å²) in [4.78, 5) is 50.4. The largest absolute Gasteiger partial charge is 0.507 e. The summed E-state index contributed by atoms with van der Waals surface area (Å²) >= 11 is 1.58. The molecule has 0 bridgehead atoms. The summed E-state index contributed by atoms with van der Waals surface area (Å²) < 4.78 is 13.9. The van der Waals surface area contributed by atoms with Gasteiger partial charge in [-0.2, -0.15) is 10.2 Å². The van der Waals surface area contributed by atoms with E-state index in [1.807, 2.05) is 76.5 Å². The molecule has 12 nitrogen and oxygen atoms in total. The van der Waals surface area contributed by atoms with Crippen molar-refractivity contribution < 1.29 is 29.0 Å². The van der Waals surface area contributed by atoms with Gasteiger partial charge in [-0.05, 0) is 97.6 Å². The fourth-order valence-electron chi connectivity index (χ4n) is 8.17. The molecule has 14 heteroatoms. The quantitative estimate of drug-likeness (QED) is 0.115. The van der Waals surface area contributed by atoms with Crippen molar-refractivity contribution >= 4 is 29.1 Å². The van der Waals surface area contributed by atoms with Crippen LogP contribution in [0.1, 0.15) is 75.7 Å². The molecule has 2 aromatic heterocycles. The van der Waals surface area contributed by atoms with E-state index in [4.69, 9.17) is 0 Å². The molecule has 3 aromatic carbocycles. The maximum Gasteiger partial charge on any atom is 0.246 e. The van der Waals surface area contributed by atoms with Crippen LogP contribution in [0.15, 0.2) is 84.5 Å². The van der Waals surface area contributed by atoms with Crippen molar-refractivity contribution in [3.05, 3.63) is 107 Å². The number of nitrogens with one attached hydrogen (secondary N) is 2. The minimum Gasteiger partial charge on any atom is -0.507 e. The molecule has 3 amide bonds. The maximum atomic E-state index is 14.2. The number of phenolic OH excluding ortho intramolecular Hbond substituents is 1. The van der Waals surface area contributed by atoms with Gasteiger partial charge in [0.2, 0.25) is 17.7 Å². The number of carbonyl (C=O) groups excluding carboxylic acids is 3. The number of aromatic hydroxyl groups is 1. The number of likely N-dealkylation sites (tertiary alicyclic amines) is 2. The van der Waals surface area contributed by atoms with Gasteiger partial charge < -0.3 is 25.7 Å². The van der Waals surface area contributed by atoms with Crippen molar-refractivity contribution in [2.45, 2.75) is 84.0 Å². The third-order valence-electron chi connectivity index (χ3n) is 11.6. The fourth-order valence-corrected chi connectivity index (χ4v) is 8.98. The Hall–Kier alpha value is -5.57. The summed E-state index contributed by atoms with van der Waals surface area (Å²) in [5.74, 6) is -1.26. The molecule has 0 radical (unpaired) electrons. The maximum absolute atomic E-state index is 14.2. The molecule has 0 unspecified atom stereocenters. The number of thiazole rings is 1. The topological polar surface area (TPSA) is 161 Å². The van der Waals surface area contributed by atoms with Crippen LogP contribution in [0, 0.1) is 18.2 Å². The van der Waals surface area contributed by atoms with Gasteiger partial charge in [-0.25, -0.2) is 9.37 Å². The average Bonchev–Trinajstić information content (AvgIpc) is 3.85. The fraction of sp³-hybridized carbons (Fsp3) is 0.391. The standard InChI is InChI=1S/C46H52FN7O5S/c1-27(29-6-12-33(13-7-29)42-28(2)48-26-60-42)50-44(58)39-22-36(55)24-54(39)45(59)43(46(3,4)5)51-41(57)25-53-18-16-32(17-19-53)30-8-10-31(11-9-30)34-20-38(52-49-23-34)37-21-35(47)14-15-40(37)56/h6-15,20-21,23,26-27,32,36,39,43,55-56H,16-19,22,24-25H2,1-5H3,(H,50,58)(H,51,57)/t27-,36+,39-,43+/m0/s1. The molecule has 2 aliphatic heterocycles. The van der Waals surface area contributed by atoms with Gasteiger partial charge in [-0.3, -0.25) is 19.3 Å². The Bertz CT molecular complexity index is 2320. The zero-order valence-electron chi connectivity index (χ0n) is 34.6. The molecule has 2 saturated heterocycles. The molecule has 7 rings (SSSR count). The van der Waals surface area contributed by atoms with Crippen molar-refractivity contribution in [1.82, 2.24) is 35.6 Å². The van der Waals surface area contributed by atoms with Gasteiger partial charge in [0.15, 0.2) is 0 Å². The normalized spacial score (nSPS) is 18.6. The highest BCUT2D eigenvalue weighted by atomic mass is 32.1. The lowest BCUT2D eigenvalue weighted by atomic mass is 9.85. The van der Waals surface area contributed by atoms with Crippen LogP contribution in [0.3, 0.4) is 0 Å². The van der Waals surface area contributed by atoms with Crippen LogP contribution < -0.4 is 10.6 Å². The minimum absolute atomic E-state index is 0.00505. The number of halogens is 1. The first kappa shape index (κ1) is 42.6. The molecule has 60 heavy (non-hydrogen) atoms. The highest BCUT2D eigenvalue weighted by Gasteiger charge is 2.45. The number of rotatable bonds is 11. The van der Waals surface area contributed by atoms with E-state index < -0.39 is 35.3 Å². The van der Waals surface area contributed by atoms with Crippen LogP contribution >= 0.6 is 11.3 Å². The van der Waals surface area contributed by atoms with Crippen LogP contribution in [0.2, 0.25) is 0 Å². The van der Waals surface area contributed by atoms with Gasteiger partial charge in [0.25, 0.3) is 0 Å². The molecule has 2 aliphatic rings. The number of aliphatic hydroxyl groups excluding tert-OH is 1. The minimum atomic E-state index is -0.909. The summed E-state index contributed by atoms with van der Waals surface area (Å²) in [5, 5.41) is 35.2. The average molecular weight is 834 g/mol. The Morgan fingerprint density at radius 1 is 0.950 bits per heavy atom. The number of hydrogen-bond acceptors (Lipinski definition) is 10. The van der Waals surface area contributed by atoms with Crippen LogP contribution in [0.5, 0.6) is 5.75 Å². The first-order valence-corrected chi connectivity index (χ1v) is 21.3. The molecule has 5 aromatic rings. The van der Waals surface area contributed by atoms with Crippen LogP contribution in [0.25, 0.3) is 32.8 Å². The number of β-amino-alcohol motifs (C(OH)–C–C–N with tert-alkyl or cyclic N) is 1. The predicted octanol–water partition coefficient (Wildman–Crippen LogP) is 6.64. The van der Waals surface area contributed by atoms with Crippen LogP contribution in [-0.4, -0.2) is 97.3 Å². The monoisotopic (exact) mass is 833 g/mol. The van der Waals surface area contributed by atoms with Gasteiger partial charge >= 0.3 is 0 Å². The lowest BCUT2D eigenvalue weighted by Gasteiger charge is -2.36. The lowest BCUT2D eigenvalue weighted by Crippen LogP contribution is -2.59. The second-order valence-corrected chi connectivity index (χ2v) is 17.9. The molecular formula is C46H52FN7O5S. The molecule has 314 valence electrons. The SMILES string of the molecule is Cc1ncsc1-c1ccc([C@H](C)NC(=O)[C@@H]2C[C@@H](O)CN2C(=O)[C@@H](NC(=O)CN2CCC(c3ccc(-c4cnnc(-c5cc(F)ccc5O)c4)cc3)CC2)C(C)(C)C)cc1. The molecule has 0 spiro atoms. The Morgan fingerprint density at radius 3 is 2.32 bits per heavy atom. The first-order chi connectivity index (χ1) is 28.6. The van der Waals surface area contributed by atoms with E-state index in [-0.39, 0.29) is 48.7 Å². The van der Waals surface area contributed by atoms with Crippen LogP contribution in [-0.2, 0) is 14.4 Å². The molecule has 0 saturated carbocycles. The smallest absolute Gasteiger partial charge is 0.246 e. The van der Waals surface area contributed by atoms with E-state index in [9.17, 15) is 29.0 Å². The Balaban J connectivity index is 0.926. The van der Waals surface area contributed by atoms with Gasteiger partial charge in [0.1, 0.15) is 23.7 Å². The van der Waals surface area contributed by atoms with E-state index in [2.05, 4.69) is 42.8 Å². The van der Waals surface area contributed by atoms with Gasteiger partial charge in [0.05, 0.1) is 46.7 Å². The summed E-state index contributed by atoms with van der Waals surface area (Å²) in [6.45, 7) is 11.1. The zero-order chi connectivity index (χ0) is 42.7.